The van der Waals surface area contributed by atoms with E-state index in [2.05, 4.69) is 45.2 Å². The summed E-state index contributed by atoms with van der Waals surface area (Å²) in [4.78, 5) is 6.91. The highest BCUT2D eigenvalue weighted by molar-refractivity contribution is 6.11. The van der Waals surface area contributed by atoms with Crippen LogP contribution in [0.4, 0.5) is 5.69 Å². The van der Waals surface area contributed by atoms with Crippen LogP contribution in [0.25, 0.3) is 33.1 Å². The number of nitrogens with zero attached hydrogens (tertiary/aromatic N) is 4. The zero-order valence-corrected chi connectivity index (χ0v) is 17.2. The monoisotopic (exact) mass is 397 g/mol. The van der Waals surface area contributed by atoms with E-state index >= 15 is 0 Å². The smallest absolute Gasteiger partial charge is 0.124 e. The van der Waals surface area contributed by atoms with Gasteiger partial charge >= 0.3 is 0 Å². The lowest BCUT2D eigenvalue weighted by Gasteiger charge is -2.19. The van der Waals surface area contributed by atoms with Gasteiger partial charge in [-0.2, -0.15) is 10.4 Å². The van der Waals surface area contributed by atoms with Gasteiger partial charge in [0.05, 0.1) is 35.6 Å². The third kappa shape index (κ3) is 2.86. The Labute approximate surface area is 175 Å². The van der Waals surface area contributed by atoms with Gasteiger partial charge in [0.15, 0.2) is 0 Å². The van der Waals surface area contributed by atoms with Crippen molar-refractivity contribution in [3.05, 3.63) is 47.7 Å². The minimum Gasteiger partial charge on any atom is -0.496 e. The second kappa shape index (κ2) is 7.34. The number of pyridine rings is 1. The molecule has 4 aromatic rings. The van der Waals surface area contributed by atoms with E-state index in [0.717, 1.165) is 69.6 Å². The normalized spacial score (nSPS) is 13.8. The second-order valence-corrected chi connectivity index (χ2v) is 7.69. The van der Waals surface area contributed by atoms with Gasteiger partial charge in [0.2, 0.25) is 0 Å². The molecule has 5 rings (SSSR count). The van der Waals surface area contributed by atoms with Crippen LogP contribution in [0.1, 0.15) is 30.9 Å². The number of anilines is 1. The predicted molar refractivity (Wildman–Crippen MR) is 119 cm³/mol. The van der Waals surface area contributed by atoms with Gasteiger partial charge in [-0.1, -0.05) is 13.0 Å². The van der Waals surface area contributed by atoms with Crippen LogP contribution in [-0.4, -0.2) is 35.4 Å². The number of aromatic nitrogens is 3. The Morgan fingerprint density at radius 2 is 2.03 bits per heavy atom. The van der Waals surface area contributed by atoms with Gasteiger partial charge < -0.3 is 9.64 Å². The topological polar surface area (TPSA) is 77.8 Å². The Morgan fingerprint density at radius 3 is 2.77 bits per heavy atom. The first-order valence-electron chi connectivity index (χ1n) is 10.4. The number of fused-ring (bicyclic) bond motifs is 3. The molecule has 1 saturated heterocycles. The van der Waals surface area contributed by atoms with Crippen LogP contribution in [-0.2, 0) is 6.42 Å². The predicted octanol–water partition coefficient (Wildman–Crippen LogP) is 4.82. The Balaban J connectivity index is 1.74. The number of H-pyrrole nitrogens is 1. The molecule has 0 spiro atoms. The third-order valence-electron chi connectivity index (χ3n) is 6.01. The SMILES string of the molecule is CCc1cc2c(cc1OC)ncc1[nH]nc(-c3ccc(C#N)c(N4CCCC4)c3)c12. The molecule has 1 aliphatic heterocycles. The molecule has 1 aliphatic rings. The average Bonchev–Trinajstić information content (AvgIpc) is 3.48. The van der Waals surface area contributed by atoms with E-state index in [9.17, 15) is 5.26 Å². The minimum absolute atomic E-state index is 0.713. The van der Waals surface area contributed by atoms with Crippen LogP contribution in [0.3, 0.4) is 0 Å². The van der Waals surface area contributed by atoms with Crippen LogP contribution < -0.4 is 9.64 Å². The lowest BCUT2D eigenvalue weighted by Crippen LogP contribution is -2.18. The van der Waals surface area contributed by atoms with E-state index in [0.29, 0.717) is 5.56 Å². The molecule has 0 radical (unpaired) electrons. The molecule has 0 amide bonds. The largest absolute Gasteiger partial charge is 0.496 e. The minimum atomic E-state index is 0.713. The van der Waals surface area contributed by atoms with E-state index in [1.165, 1.54) is 12.8 Å². The first-order valence-corrected chi connectivity index (χ1v) is 10.4. The molecule has 6 heteroatoms. The molecule has 6 nitrogen and oxygen atoms in total. The van der Waals surface area contributed by atoms with Gasteiger partial charge in [0.1, 0.15) is 17.5 Å². The van der Waals surface area contributed by atoms with Crippen molar-refractivity contribution in [1.82, 2.24) is 15.2 Å². The lowest BCUT2D eigenvalue weighted by molar-refractivity contribution is 0.411. The van der Waals surface area contributed by atoms with E-state index in [4.69, 9.17) is 4.74 Å². The third-order valence-corrected chi connectivity index (χ3v) is 6.01. The standard InChI is InChI=1S/C24H23N5O/c1-3-15-10-18-19(12-22(15)30-2)26-14-20-23(18)24(28-27-20)16-6-7-17(13-25)21(11-16)29-8-4-5-9-29/h6-7,10-12,14H,3-5,8-9H2,1-2H3,(H,27,28). The zero-order valence-electron chi connectivity index (χ0n) is 17.2. The number of hydrogen-bond donors (Lipinski definition) is 1. The van der Waals surface area contributed by atoms with Crippen molar-refractivity contribution in [3.63, 3.8) is 0 Å². The van der Waals surface area contributed by atoms with E-state index in [1.807, 2.05) is 24.4 Å². The summed E-state index contributed by atoms with van der Waals surface area (Å²) in [7, 11) is 1.69. The fourth-order valence-corrected chi connectivity index (χ4v) is 4.44. The molecule has 30 heavy (non-hydrogen) atoms. The molecule has 1 N–H and O–H groups in total. The number of methoxy groups -OCH3 is 1. The summed E-state index contributed by atoms with van der Waals surface area (Å²) in [5.74, 6) is 0.858. The van der Waals surface area contributed by atoms with Crippen molar-refractivity contribution in [2.24, 2.45) is 0 Å². The number of rotatable bonds is 4. The zero-order chi connectivity index (χ0) is 20.7. The molecule has 1 fully saturated rings. The molecule has 0 bridgehead atoms. The molecule has 0 unspecified atom stereocenters. The van der Waals surface area contributed by atoms with Gasteiger partial charge in [-0.25, -0.2) is 0 Å². The van der Waals surface area contributed by atoms with Crippen molar-refractivity contribution >= 4 is 27.5 Å². The maximum Gasteiger partial charge on any atom is 0.124 e. The van der Waals surface area contributed by atoms with Crippen LogP contribution >= 0.6 is 0 Å². The molecule has 0 saturated carbocycles. The molecular formula is C24H23N5O. The van der Waals surface area contributed by atoms with Gasteiger partial charge in [-0.05, 0) is 43.0 Å². The van der Waals surface area contributed by atoms with E-state index < -0.39 is 0 Å². The number of nitrogens with one attached hydrogen (secondary N) is 1. The highest BCUT2D eigenvalue weighted by Crippen LogP contribution is 2.37. The number of ether oxygens (including phenoxy) is 1. The summed E-state index contributed by atoms with van der Waals surface area (Å²) in [6.45, 7) is 4.11. The van der Waals surface area contributed by atoms with Gasteiger partial charge in [0, 0.05) is 35.5 Å². The first-order chi connectivity index (χ1) is 14.7. The summed E-state index contributed by atoms with van der Waals surface area (Å²) in [5, 5.41) is 19.5. The highest BCUT2D eigenvalue weighted by Gasteiger charge is 2.19. The van der Waals surface area contributed by atoms with Crippen molar-refractivity contribution in [2.45, 2.75) is 26.2 Å². The Kier molecular flexibility index (Phi) is 4.51. The molecule has 2 aromatic carbocycles. The van der Waals surface area contributed by atoms with Crippen LogP contribution in [0, 0.1) is 11.3 Å². The van der Waals surface area contributed by atoms with E-state index in [1.54, 1.807) is 7.11 Å². The van der Waals surface area contributed by atoms with Crippen molar-refractivity contribution in [1.29, 1.82) is 5.26 Å². The van der Waals surface area contributed by atoms with E-state index in [-0.39, 0.29) is 0 Å². The number of hydrogen-bond acceptors (Lipinski definition) is 5. The van der Waals surface area contributed by atoms with Crippen LogP contribution in [0.2, 0.25) is 0 Å². The molecule has 0 aliphatic carbocycles. The maximum atomic E-state index is 9.60. The average molecular weight is 397 g/mol. The summed E-state index contributed by atoms with van der Waals surface area (Å²) in [5.41, 5.74) is 6.52. The van der Waals surface area contributed by atoms with Gasteiger partial charge in [-0.15, -0.1) is 0 Å². The molecule has 2 aromatic heterocycles. The maximum absolute atomic E-state index is 9.60. The number of aromatic amines is 1. The summed E-state index contributed by atoms with van der Waals surface area (Å²) in [6, 6.07) is 12.5. The summed E-state index contributed by atoms with van der Waals surface area (Å²) >= 11 is 0. The Morgan fingerprint density at radius 1 is 1.20 bits per heavy atom. The lowest BCUT2D eigenvalue weighted by atomic mass is 10.00. The van der Waals surface area contributed by atoms with Crippen molar-refractivity contribution in [3.8, 4) is 23.1 Å². The van der Waals surface area contributed by atoms with Crippen molar-refractivity contribution < 1.29 is 4.74 Å². The molecule has 3 heterocycles. The molecule has 0 atom stereocenters. The fraction of sp³-hybridized carbons (Fsp3) is 0.292. The van der Waals surface area contributed by atoms with Crippen LogP contribution in [0.15, 0.2) is 36.5 Å². The number of aryl methyl sites for hydroxylation is 1. The highest BCUT2D eigenvalue weighted by atomic mass is 16.5. The second-order valence-electron chi connectivity index (χ2n) is 7.69. The van der Waals surface area contributed by atoms with Crippen LogP contribution in [0.5, 0.6) is 5.75 Å². The molecule has 150 valence electrons. The molecular weight excluding hydrogens is 374 g/mol. The fourth-order valence-electron chi connectivity index (χ4n) is 4.44. The summed E-state index contributed by atoms with van der Waals surface area (Å²) < 4.78 is 5.55. The van der Waals surface area contributed by atoms with Gasteiger partial charge in [0.25, 0.3) is 0 Å². The first kappa shape index (κ1) is 18.4. The van der Waals surface area contributed by atoms with Crippen molar-refractivity contribution in [2.75, 3.05) is 25.1 Å². The Hall–Kier alpha value is -3.59. The van der Waals surface area contributed by atoms with Gasteiger partial charge in [-0.3, -0.25) is 10.1 Å². The number of benzene rings is 2. The Bertz CT molecular complexity index is 1290. The summed E-state index contributed by atoms with van der Waals surface area (Å²) in [6.07, 6.45) is 5.03. The number of nitriles is 1. The quantitative estimate of drug-likeness (QED) is 0.534.